The van der Waals surface area contributed by atoms with Crippen LogP contribution in [0.25, 0.3) is 0 Å². The molecule has 0 saturated heterocycles. The van der Waals surface area contributed by atoms with E-state index >= 15 is 0 Å². The van der Waals surface area contributed by atoms with E-state index in [-0.39, 0.29) is 12.5 Å². The van der Waals surface area contributed by atoms with Crippen LogP contribution in [0.1, 0.15) is 22.8 Å². The summed E-state index contributed by atoms with van der Waals surface area (Å²) in [6.45, 7) is 3.80. The quantitative estimate of drug-likeness (QED) is 0.757. The fourth-order valence-corrected chi connectivity index (χ4v) is 2.51. The number of carbonyl (C=O) groups is 2. The largest absolute Gasteiger partial charge is 0.484 e. The molecule has 2 aromatic carbocycles. The molecule has 6 heteroatoms. The third-order valence-electron chi connectivity index (χ3n) is 3.18. The standard InChI is InChI=1S/C18H18BrNO4/c1-3-23-18(22)13-5-4-6-15(10-13)24-11-17(21)20-16-8-7-14(19)9-12(16)2/h4-10H,3,11H2,1-2H3,(H,20,21). The second kappa shape index (κ2) is 8.49. The molecule has 0 spiro atoms. The summed E-state index contributed by atoms with van der Waals surface area (Å²) in [5, 5.41) is 2.79. The van der Waals surface area contributed by atoms with E-state index in [1.165, 1.54) is 0 Å². The molecule has 1 amide bonds. The number of nitrogens with one attached hydrogen (secondary N) is 1. The van der Waals surface area contributed by atoms with Gasteiger partial charge in [0.25, 0.3) is 5.91 Å². The molecule has 0 saturated carbocycles. The lowest BCUT2D eigenvalue weighted by Crippen LogP contribution is -2.20. The fraction of sp³-hybridized carbons (Fsp3) is 0.222. The van der Waals surface area contributed by atoms with E-state index in [4.69, 9.17) is 9.47 Å². The first-order chi connectivity index (χ1) is 11.5. The maximum absolute atomic E-state index is 12.0. The predicted octanol–water partition coefficient (Wildman–Crippen LogP) is 3.95. The molecule has 0 fully saturated rings. The van der Waals surface area contributed by atoms with Crippen LogP contribution < -0.4 is 10.1 Å². The lowest BCUT2D eigenvalue weighted by Gasteiger charge is -2.10. The van der Waals surface area contributed by atoms with Gasteiger partial charge in [0.1, 0.15) is 5.75 Å². The van der Waals surface area contributed by atoms with Gasteiger partial charge in [-0.05, 0) is 55.8 Å². The van der Waals surface area contributed by atoms with Crippen LogP contribution in [-0.2, 0) is 9.53 Å². The minimum Gasteiger partial charge on any atom is -0.484 e. The van der Waals surface area contributed by atoms with Crippen LogP contribution in [0.15, 0.2) is 46.9 Å². The van der Waals surface area contributed by atoms with Crippen LogP contribution in [-0.4, -0.2) is 25.1 Å². The molecule has 126 valence electrons. The molecule has 0 aliphatic heterocycles. The van der Waals surface area contributed by atoms with Crippen LogP contribution >= 0.6 is 15.9 Å². The monoisotopic (exact) mass is 391 g/mol. The van der Waals surface area contributed by atoms with Crippen LogP contribution in [0.4, 0.5) is 5.69 Å². The molecule has 0 radical (unpaired) electrons. The molecule has 2 aromatic rings. The number of carbonyl (C=O) groups excluding carboxylic acids is 2. The van der Waals surface area contributed by atoms with Gasteiger partial charge >= 0.3 is 5.97 Å². The Morgan fingerprint density at radius 1 is 1.17 bits per heavy atom. The van der Waals surface area contributed by atoms with Gasteiger partial charge in [0.2, 0.25) is 0 Å². The Hall–Kier alpha value is -2.34. The number of rotatable bonds is 6. The number of esters is 1. The Labute approximate surface area is 149 Å². The van der Waals surface area contributed by atoms with Gasteiger partial charge < -0.3 is 14.8 Å². The lowest BCUT2D eigenvalue weighted by atomic mass is 10.2. The summed E-state index contributed by atoms with van der Waals surface area (Å²) in [4.78, 5) is 23.7. The highest BCUT2D eigenvalue weighted by atomic mass is 79.9. The second-order valence-electron chi connectivity index (χ2n) is 5.04. The topological polar surface area (TPSA) is 64.6 Å². The van der Waals surface area contributed by atoms with Gasteiger partial charge in [-0.15, -0.1) is 0 Å². The van der Waals surface area contributed by atoms with Crippen molar-refractivity contribution in [1.82, 2.24) is 0 Å². The molecule has 1 N–H and O–H groups in total. The average molecular weight is 392 g/mol. The summed E-state index contributed by atoms with van der Waals surface area (Å²) in [5.41, 5.74) is 2.06. The molecule has 2 rings (SSSR count). The van der Waals surface area contributed by atoms with Gasteiger partial charge in [0.05, 0.1) is 12.2 Å². The summed E-state index contributed by atoms with van der Waals surface area (Å²) in [6, 6.07) is 12.1. The lowest BCUT2D eigenvalue weighted by molar-refractivity contribution is -0.118. The SMILES string of the molecule is CCOC(=O)c1cccc(OCC(=O)Nc2ccc(Br)cc2C)c1. The van der Waals surface area contributed by atoms with Gasteiger partial charge in [0.15, 0.2) is 6.61 Å². The molecule has 5 nitrogen and oxygen atoms in total. The molecule has 0 aliphatic carbocycles. The van der Waals surface area contributed by atoms with E-state index in [9.17, 15) is 9.59 Å². The zero-order valence-electron chi connectivity index (χ0n) is 13.5. The van der Waals surface area contributed by atoms with Crippen molar-refractivity contribution in [1.29, 1.82) is 0 Å². The zero-order valence-corrected chi connectivity index (χ0v) is 15.1. The minimum absolute atomic E-state index is 0.151. The Kier molecular flexibility index (Phi) is 6.37. The van der Waals surface area contributed by atoms with Crippen molar-refractivity contribution in [2.75, 3.05) is 18.5 Å². The minimum atomic E-state index is -0.419. The highest BCUT2D eigenvalue weighted by molar-refractivity contribution is 9.10. The van der Waals surface area contributed by atoms with Gasteiger partial charge in [-0.2, -0.15) is 0 Å². The third kappa shape index (κ3) is 5.09. The van der Waals surface area contributed by atoms with Crippen molar-refractivity contribution in [3.8, 4) is 5.75 Å². The predicted molar refractivity (Wildman–Crippen MR) is 95.4 cm³/mol. The van der Waals surface area contributed by atoms with E-state index in [1.54, 1.807) is 31.2 Å². The number of ether oxygens (including phenoxy) is 2. The number of hydrogen-bond donors (Lipinski definition) is 1. The highest BCUT2D eigenvalue weighted by Gasteiger charge is 2.09. The maximum Gasteiger partial charge on any atom is 0.338 e. The summed E-state index contributed by atoms with van der Waals surface area (Å²) in [5.74, 6) is -0.261. The summed E-state index contributed by atoms with van der Waals surface area (Å²) in [7, 11) is 0. The Morgan fingerprint density at radius 3 is 2.67 bits per heavy atom. The van der Waals surface area contributed by atoms with Crippen molar-refractivity contribution in [2.24, 2.45) is 0 Å². The smallest absolute Gasteiger partial charge is 0.338 e. The van der Waals surface area contributed by atoms with Crippen LogP contribution in [0.2, 0.25) is 0 Å². The molecular weight excluding hydrogens is 374 g/mol. The number of anilines is 1. The molecule has 0 bridgehead atoms. The van der Waals surface area contributed by atoms with Crippen LogP contribution in [0.3, 0.4) is 0 Å². The summed E-state index contributed by atoms with van der Waals surface area (Å²) >= 11 is 3.38. The van der Waals surface area contributed by atoms with Gasteiger partial charge in [0, 0.05) is 10.2 Å². The normalized spacial score (nSPS) is 10.1. The van der Waals surface area contributed by atoms with E-state index in [1.807, 2.05) is 25.1 Å². The van der Waals surface area contributed by atoms with E-state index < -0.39 is 5.97 Å². The Morgan fingerprint density at radius 2 is 1.96 bits per heavy atom. The number of amides is 1. The molecule has 0 aliphatic rings. The Bertz CT molecular complexity index is 746. The third-order valence-corrected chi connectivity index (χ3v) is 3.67. The zero-order chi connectivity index (χ0) is 17.5. The van der Waals surface area contributed by atoms with Gasteiger partial charge in [-0.1, -0.05) is 22.0 Å². The molecule has 0 heterocycles. The number of benzene rings is 2. The van der Waals surface area contributed by atoms with Gasteiger partial charge in [-0.3, -0.25) is 4.79 Å². The van der Waals surface area contributed by atoms with Crippen LogP contribution in [0.5, 0.6) is 5.75 Å². The first-order valence-corrected chi connectivity index (χ1v) is 8.25. The molecule has 0 unspecified atom stereocenters. The Balaban J connectivity index is 1.94. The summed E-state index contributed by atoms with van der Waals surface area (Å²) < 4.78 is 11.3. The first kappa shape index (κ1) is 18.0. The number of hydrogen-bond acceptors (Lipinski definition) is 4. The number of halogens is 1. The van der Waals surface area contributed by atoms with Crippen LogP contribution in [0, 0.1) is 6.92 Å². The molecular formula is C18H18BrNO4. The van der Waals surface area contributed by atoms with Gasteiger partial charge in [-0.25, -0.2) is 4.79 Å². The molecule has 0 atom stereocenters. The van der Waals surface area contributed by atoms with E-state index in [2.05, 4.69) is 21.2 Å². The number of aryl methyl sites for hydroxylation is 1. The van der Waals surface area contributed by atoms with Crippen molar-refractivity contribution in [3.63, 3.8) is 0 Å². The van der Waals surface area contributed by atoms with Crippen molar-refractivity contribution in [2.45, 2.75) is 13.8 Å². The highest BCUT2D eigenvalue weighted by Crippen LogP contribution is 2.20. The second-order valence-corrected chi connectivity index (χ2v) is 5.96. The fourth-order valence-electron chi connectivity index (χ4n) is 2.03. The maximum atomic E-state index is 12.0. The van der Waals surface area contributed by atoms with E-state index in [0.29, 0.717) is 17.9 Å². The van der Waals surface area contributed by atoms with E-state index in [0.717, 1.165) is 15.7 Å². The molecule has 0 aromatic heterocycles. The van der Waals surface area contributed by atoms with Crippen molar-refractivity contribution in [3.05, 3.63) is 58.1 Å². The van der Waals surface area contributed by atoms with Crippen molar-refractivity contribution >= 4 is 33.5 Å². The molecule has 24 heavy (non-hydrogen) atoms. The average Bonchev–Trinajstić information content (AvgIpc) is 2.56. The van der Waals surface area contributed by atoms with Crippen molar-refractivity contribution < 1.29 is 19.1 Å². The first-order valence-electron chi connectivity index (χ1n) is 7.45. The summed E-state index contributed by atoms with van der Waals surface area (Å²) in [6.07, 6.45) is 0.